The number of nitrogens with one attached hydrogen (secondary N) is 3. The number of nitrogens with zero attached hydrogens (tertiary/aromatic N) is 4. The fourth-order valence-electron chi connectivity index (χ4n) is 5.10. The van der Waals surface area contributed by atoms with Crippen LogP contribution in [0.4, 0.5) is 11.8 Å². The van der Waals surface area contributed by atoms with Crippen LogP contribution in [0.15, 0.2) is 36.7 Å². The first-order chi connectivity index (χ1) is 16.3. The summed E-state index contributed by atoms with van der Waals surface area (Å²) in [6, 6.07) is 11.7. The Bertz CT molecular complexity index is 1020. The Morgan fingerprint density at radius 3 is 2.52 bits per heavy atom. The highest BCUT2D eigenvalue weighted by Gasteiger charge is 2.23. The molecule has 0 unspecified atom stereocenters. The first-order valence-corrected chi connectivity index (χ1v) is 12.5. The highest BCUT2D eigenvalue weighted by Crippen LogP contribution is 2.33. The molecule has 0 radical (unpaired) electrons. The Kier molecular flexibility index (Phi) is 7.02. The molecule has 2 aliphatic rings. The molecular weight excluding hydrogens is 412 g/mol. The number of anilines is 2. The number of imidazole rings is 1. The molecule has 8 heteroatoms. The van der Waals surface area contributed by atoms with Crippen LogP contribution >= 0.6 is 0 Å². The summed E-state index contributed by atoms with van der Waals surface area (Å²) in [4.78, 5) is 14.5. The van der Waals surface area contributed by atoms with Crippen LogP contribution in [0.3, 0.4) is 0 Å². The van der Waals surface area contributed by atoms with Gasteiger partial charge in [-0.2, -0.15) is 9.97 Å². The Morgan fingerprint density at radius 2 is 1.73 bits per heavy atom. The number of benzene rings is 1. The Morgan fingerprint density at radius 1 is 0.939 bits per heavy atom. The van der Waals surface area contributed by atoms with Gasteiger partial charge in [0.15, 0.2) is 17.0 Å². The van der Waals surface area contributed by atoms with Gasteiger partial charge in [-0.25, -0.2) is 4.98 Å². The van der Waals surface area contributed by atoms with Gasteiger partial charge < -0.3 is 26.3 Å². The number of hydrogen-bond donors (Lipinski definition) is 4. The van der Waals surface area contributed by atoms with E-state index in [1.54, 1.807) is 0 Å². The highest BCUT2D eigenvalue weighted by molar-refractivity contribution is 5.84. The predicted octanol–water partition coefficient (Wildman–Crippen LogP) is 3.82. The summed E-state index contributed by atoms with van der Waals surface area (Å²) < 4.78 is 2.27. The highest BCUT2D eigenvalue weighted by atomic mass is 15.2. The van der Waals surface area contributed by atoms with Gasteiger partial charge in [-0.1, -0.05) is 43.2 Å². The minimum Gasteiger partial charge on any atom is -0.367 e. The molecule has 0 atom stereocenters. The van der Waals surface area contributed by atoms with Crippen LogP contribution in [0.5, 0.6) is 0 Å². The molecule has 2 heterocycles. The number of aromatic nitrogens is 4. The zero-order valence-electron chi connectivity index (χ0n) is 19.3. The maximum atomic E-state index is 6.09. The van der Waals surface area contributed by atoms with E-state index in [2.05, 4.69) is 44.8 Å². The minimum absolute atomic E-state index is 0.330. The molecule has 2 aromatic heterocycles. The maximum absolute atomic E-state index is 6.09. The number of hydrogen-bond acceptors (Lipinski definition) is 7. The van der Waals surface area contributed by atoms with Crippen LogP contribution in [0, 0.1) is 0 Å². The Labute approximate surface area is 195 Å². The van der Waals surface area contributed by atoms with Crippen molar-refractivity contribution in [2.45, 2.75) is 76.0 Å². The molecule has 33 heavy (non-hydrogen) atoms. The van der Waals surface area contributed by atoms with Crippen LogP contribution in [-0.2, 0) is 6.54 Å². The molecule has 5 N–H and O–H groups in total. The molecule has 1 aromatic carbocycles. The summed E-state index contributed by atoms with van der Waals surface area (Å²) in [6.07, 6.45) is 11.2. The van der Waals surface area contributed by atoms with E-state index in [4.69, 9.17) is 20.7 Å². The largest absolute Gasteiger partial charge is 0.367 e. The third-order valence-corrected chi connectivity index (χ3v) is 7.01. The zero-order valence-corrected chi connectivity index (χ0v) is 19.3. The van der Waals surface area contributed by atoms with Crippen molar-refractivity contribution in [3.05, 3.63) is 42.2 Å². The number of rotatable bonds is 9. The monoisotopic (exact) mass is 448 g/mol. The van der Waals surface area contributed by atoms with Gasteiger partial charge in [0.25, 0.3) is 0 Å². The van der Waals surface area contributed by atoms with E-state index in [-0.39, 0.29) is 0 Å². The van der Waals surface area contributed by atoms with Crippen molar-refractivity contribution >= 4 is 22.9 Å². The minimum atomic E-state index is 0.330. The second kappa shape index (κ2) is 10.5. The fourth-order valence-corrected chi connectivity index (χ4v) is 5.10. The SMILES string of the molecule is NC1CCC(Nc2nc(NCCNCc3ccccc3)c3ncn(C4CCCC4)c3n2)CC1. The average molecular weight is 449 g/mol. The van der Waals surface area contributed by atoms with Crippen molar-refractivity contribution < 1.29 is 0 Å². The molecule has 0 spiro atoms. The molecule has 2 aliphatic carbocycles. The van der Waals surface area contributed by atoms with Gasteiger partial charge in [-0.3, -0.25) is 0 Å². The summed E-state index contributed by atoms with van der Waals surface area (Å²) in [5.74, 6) is 1.51. The van der Waals surface area contributed by atoms with Gasteiger partial charge in [-0.15, -0.1) is 0 Å². The van der Waals surface area contributed by atoms with E-state index in [0.29, 0.717) is 24.1 Å². The van der Waals surface area contributed by atoms with E-state index in [1.807, 2.05) is 12.4 Å². The van der Waals surface area contributed by atoms with Crippen LogP contribution in [0.1, 0.15) is 63.0 Å². The van der Waals surface area contributed by atoms with Crippen molar-refractivity contribution in [1.82, 2.24) is 24.8 Å². The van der Waals surface area contributed by atoms with Gasteiger partial charge in [0.05, 0.1) is 6.33 Å². The molecule has 0 saturated heterocycles. The summed E-state index contributed by atoms with van der Waals surface area (Å²) >= 11 is 0. The van der Waals surface area contributed by atoms with Gasteiger partial charge in [0, 0.05) is 37.8 Å². The molecule has 8 nitrogen and oxygen atoms in total. The lowest BCUT2D eigenvalue weighted by atomic mass is 9.92. The van der Waals surface area contributed by atoms with Crippen molar-refractivity contribution in [2.75, 3.05) is 23.7 Å². The standard InChI is InChI=1S/C25H36N8/c26-19-10-12-20(13-11-19)30-25-31-23(28-15-14-27-16-18-6-2-1-3-7-18)22-24(32-25)33(17-29-22)21-8-4-5-9-21/h1-3,6-7,17,19-21,27H,4-5,8-16,26H2,(H2,28,30,31,32). The van der Waals surface area contributed by atoms with Gasteiger partial charge >= 0.3 is 0 Å². The third-order valence-electron chi connectivity index (χ3n) is 7.01. The van der Waals surface area contributed by atoms with Crippen molar-refractivity contribution in [3.63, 3.8) is 0 Å². The van der Waals surface area contributed by atoms with E-state index in [0.717, 1.165) is 62.3 Å². The topological polar surface area (TPSA) is 106 Å². The summed E-state index contributed by atoms with van der Waals surface area (Å²) in [6.45, 7) is 2.47. The lowest BCUT2D eigenvalue weighted by Crippen LogP contribution is -2.33. The molecule has 5 rings (SSSR count). The van der Waals surface area contributed by atoms with Crippen LogP contribution < -0.4 is 21.7 Å². The van der Waals surface area contributed by atoms with Crippen molar-refractivity contribution in [2.24, 2.45) is 5.73 Å². The first-order valence-electron chi connectivity index (χ1n) is 12.5. The zero-order chi connectivity index (χ0) is 22.5. The first kappa shape index (κ1) is 22.1. The smallest absolute Gasteiger partial charge is 0.227 e. The summed E-state index contributed by atoms with van der Waals surface area (Å²) in [5.41, 5.74) is 9.18. The van der Waals surface area contributed by atoms with E-state index in [1.165, 1.54) is 31.2 Å². The summed E-state index contributed by atoms with van der Waals surface area (Å²) in [7, 11) is 0. The molecular formula is C25H36N8. The van der Waals surface area contributed by atoms with Crippen molar-refractivity contribution in [1.29, 1.82) is 0 Å². The van der Waals surface area contributed by atoms with Gasteiger partial charge in [0.2, 0.25) is 5.95 Å². The average Bonchev–Trinajstić information content (AvgIpc) is 3.51. The molecule has 0 aliphatic heterocycles. The van der Waals surface area contributed by atoms with E-state index < -0.39 is 0 Å². The molecule has 2 fully saturated rings. The third kappa shape index (κ3) is 5.45. The molecule has 3 aromatic rings. The van der Waals surface area contributed by atoms with Crippen molar-refractivity contribution in [3.8, 4) is 0 Å². The van der Waals surface area contributed by atoms with E-state index in [9.17, 15) is 0 Å². The van der Waals surface area contributed by atoms with Crippen LogP contribution in [0.25, 0.3) is 11.2 Å². The number of nitrogens with two attached hydrogens (primary N) is 1. The lowest BCUT2D eigenvalue weighted by Gasteiger charge is -2.27. The molecule has 2 saturated carbocycles. The lowest BCUT2D eigenvalue weighted by molar-refractivity contribution is 0.410. The van der Waals surface area contributed by atoms with Gasteiger partial charge in [-0.05, 0) is 44.1 Å². The molecule has 0 bridgehead atoms. The number of fused-ring (bicyclic) bond motifs is 1. The summed E-state index contributed by atoms with van der Waals surface area (Å²) in [5, 5.41) is 10.6. The van der Waals surface area contributed by atoms with Gasteiger partial charge in [0.1, 0.15) is 0 Å². The Balaban J connectivity index is 1.29. The maximum Gasteiger partial charge on any atom is 0.227 e. The van der Waals surface area contributed by atoms with E-state index >= 15 is 0 Å². The second-order valence-corrected chi connectivity index (χ2v) is 9.50. The van der Waals surface area contributed by atoms with Crippen LogP contribution in [0.2, 0.25) is 0 Å². The molecule has 0 amide bonds. The van der Waals surface area contributed by atoms with Crippen LogP contribution in [-0.4, -0.2) is 44.7 Å². The molecule has 176 valence electrons. The predicted molar refractivity (Wildman–Crippen MR) is 133 cm³/mol. The normalized spacial score (nSPS) is 21.5. The fraction of sp³-hybridized carbons (Fsp3) is 0.560. The Hall–Kier alpha value is -2.71. The second-order valence-electron chi connectivity index (χ2n) is 9.50. The quantitative estimate of drug-likeness (QED) is 0.369.